The van der Waals surface area contributed by atoms with Crippen molar-refractivity contribution in [1.29, 1.82) is 0 Å². The summed E-state index contributed by atoms with van der Waals surface area (Å²) >= 11 is 0. The molecule has 3 rings (SSSR count). The molecule has 0 amide bonds. The van der Waals surface area contributed by atoms with E-state index in [4.69, 9.17) is 0 Å². The molecule has 1 heterocycles. The lowest BCUT2D eigenvalue weighted by Crippen LogP contribution is -1.99. The quantitative estimate of drug-likeness (QED) is 0.702. The number of nitrogens with zero attached hydrogens (tertiary/aromatic N) is 4. The summed E-state index contributed by atoms with van der Waals surface area (Å²) in [6.07, 6.45) is 0. The minimum absolute atomic E-state index is 0.300. The van der Waals surface area contributed by atoms with Crippen molar-refractivity contribution in [3.05, 3.63) is 60.4 Å². The Balaban J connectivity index is 1.93. The molecule has 3 aromatic rings. The van der Waals surface area contributed by atoms with Gasteiger partial charge < -0.3 is 0 Å². The lowest BCUT2D eigenvalue weighted by Gasteiger charge is -2.00. The Morgan fingerprint density at radius 3 is 1.58 bits per heavy atom. The van der Waals surface area contributed by atoms with Gasteiger partial charge in [-0.1, -0.05) is 30.3 Å². The molecule has 5 heteroatoms. The monoisotopic (exact) mass is 251 g/mol. The van der Waals surface area contributed by atoms with Gasteiger partial charge in [-0.2, -0.15) is 0 Å². The summed E-state index contributed by atoms with van der Waals surface area (Å²) in [5.41, 5.74) is 1.54. The Hall–Kier alpha value is -2.69. The summed E-state index contributed by atoms with van der Waals surface area (Å²) in [7, 11) is 0. The summed E-state index contributed by atoms with van der Waals surface area (Å²) < 4.78 is 12.8. The molecule has 0 unspecified atom stereocenters. The Bertz CT molecular complexity index is 666. The third-order valence-electron chi connectivity index (χ3n) is 2.61. The lowest BCUT2D eigenvalue weighted by atomic mass is 10.2. The second kappa shape index (κ2) is 4.89. The van der Waals surface area contributed by atoms with Crippen molar-refractivity contribution in [2.75, 3.05) is 0 Å². The normalized spacial score (nSPS) is 10.4. The number of rotatable bonds is 2. The van der Waals surface area contributed by atoms with Gasteiger partial charge in [0.15, 0.2) is 0 Å². The van der Waals surface area contributed by atoms with Crippen LogP contribution in [0, 0.1) is 5.82 Å². The van der Waals surface area contributed by atoms with Crippen molar-refractivity contribution in [3.63, 3.8) is 0 Å². The van der Waals surface area contributed by atoms with Crippen LogP contribution in [0.1, 0.15) is 0 Å². The number of halogens is 1. The van der Waals surface area contributed by atoms with Crippen molar-refractivity contribution in [3.8, 4) is 22.8 Å². The van der Waals surface area contributed by atoms with E-state index < -0.39 is 0 Å². The molecule has 0 saturated carbocycles. The van der Waals surface area contributed by atoms with Gasteiger partial charge in [-0.15, -0.1) is 20.4 Å². The zero-order chi connectivity index (χ0) is 13.1. The molecule has 2 aromatic carbocycles. The average molecular weight is 251 g/mol. The van der Waals surface area contributed by atoms with Gasteiger partial charge in [-0.25, -0.2) is 4.39 Å². The fourth-order valence-electron chi connectivity index (χ4n) is 1.65. The molecule has 0 bridgehead atoms. The molecule has 4 nitrogen and oxygen atoms in total. The number of benzene rings is 2. The predicted octanol–water partition coefficient (Wildman–Crippen LogP) is 2.74. The highest BCUT2D eigenvalue weighted by Crippen LogP contribution is 2.16. The SMILES string of the molecule is [18F]c1ccc(-c2nnc(-c3ccccc3)nn2)cc1. The maximum absolute atomic E-state index is 12.8. The molecule has 0 atom stereocenters. The van der Waals surface area contributed by atoms with E-state index in [9.17, 15) is 4.39 Å². The van der Waals surface area contributed by atoms with E-state index >= 15 is 0 Å². The fourth-order valence-corrected chi connectivity index (χ4v) is 1.65. The summed E-state index contributed by atoms with van der Waals surface area (Å²) in [6, 6.07) is 15.4. The molecular weight excluding hydrogens is 242 g/mol. The van der Waals surface area contributed by atoms with Crippen molar-refractivity contribution in [2.24, 2.45) is 0 Å². The summed E-state index contributed by atoms with van der Waals surface area (Å²) in [6.45, 7) is 0. The van der Waals surface area contributed by atoms with Crippen molar-refractivity contribution >= 4 is 0 Å². The number of aromatic nitrogens is 4. The van der Waals surface area contributed by atoms with Crippen molar-refractivity contribution in [2.45, 2.75) is 0 Å². The first kappa shape index (κ1) is 11.4. The molecule has 0 radical (unpaired) electrons. The Morgan fingerprint density at radius 2 is 1.05 bits per heavy atom. The topological polar surface area (TPSA) is 51.6 Å². The third kappa shape index (κ3) is 2.44. The van der Waals surface area contributed by atoms with Crippen molar-refractivity contribution < 1.29 is 4.39 Å². The highest BCUT2D eigenvalue weighted by Gasteiger charge is 2.05. The van der Waals surface area contributed by atoms with Gasteiger partial charge in [0, 0.05) is 11.1 Å². The van der Waals surface area contributed by atoms with Crippen LogP contribution in [0.5, 0.6) is 0 Å². The largest absolute Gasteiger partial charge is 0.207 e. The minimum atomic E-state index is -0.300. The lowest BCUT2D eigenvalue weighted by molar-refractivity contribution is 0.628. The molecule has 0 aliphatic heterocycles. The molecule has 0 N–H and O–H groups in total. The van der Waals surface area contributed by atoms with Crippen LogP contribution in [0.2, 0.25) is 0 Å². The van der Waals surface area contributed by atoms with E-state index in [1.807, 2.05) is 30.3 Å². The summed E-state index contributed by atoms with van der Waals surface area (Å²) in [4.78, 5) is 0. The molecule has 0 fully saturated rings. The van der Waals surface area contributed by atoms with E-state index in [1.54, 1.807) is 12.1 Å². The number of hydrogen-bond acceptors (Lipinski definition) is 4. The van der Waals surface area contributed by atoms with Crippen LogP contribution in [0.3, 0.4) is 0 Å². The predicted molar refractivity (Wildman–Crippen MR) is 68.5 cm³/mol. The van der Waals surface area contributed by atoms with Crippen LogP contribution in [-0.4, -0.2) is 20.4 Å². The second-order valence-corrected chi connectivity index (χ2v) is 3.92. The maximum atomic E-state index is 12.8. The standard InChI is InChI=1S/C14H9FN4/c15-12-8-6-11(7-9-12)14-18-16-13(17-19-14)10-4-2-1-3-5-10/h1-9H/i15-1. The van der Waals surface area contributed by atoms with E-state index in [1.165, 1.54) is 12.1 Å². The van der Waals surface area contributed by atoms with E-state index in [0.29, 0.717) is 17.2 Å². The van der Waals surface area contributed by atoms with Gasteiger partial charge in [-0.05, 0) is 24.3 Å². The molecule has 0 aliphatic carbocycles. The first-order chi connectivity index (χ1) is 9.33. The van der Waals surface area contributed by atoms with Gasteiger partial charge in [0.1, 0.15) is 5.82 Å². The van der Waals surface area contributed by atoms with Gasteiger partial charge >= 0.3 is 0 Å². The summed E-state index contributed by atoms with van der Waals surface area (Å²) in [5, 5.41) is 16.1. The smallest absolute Gasteiger partial charge is 0.203 e. The zero-order valence-electron chi connectivity index (χ0n) is 9.86. The van der Waals surface area contributed by atoms with Crippen LogP contribution in [0.25, 0.3) is 22.8 Å². The van der Waals surface area contributed by atoms with Gasteiger partial charge in [0.2, 0.25) is 11.6 Å². The third-order valence-corrected chi connectivity index (χ3v) is 2.61. The molecule has 0 aliphatic rings. The highest BCUT2D eigenvalue weighted by atomic mass is 18.2. The second-order valence-electron chi connectivity index (χ2n) is 3.92. The first-order valence-electron chi connectivity index (χ1n) is 5.72. The van der Waals surface area contributed by atoms with Crippen molar-refractivity contribution in [1.82, 2.24) is 20.4 Å². The minimum Gasteiger partial charge on any atom is -0.207 e. The van der Waals surface area contributed by atoms with E-state index in [2.05, 4.69) is 20.4 Å². The average Bonchev–Trinajstić information content (AvgIpc) is 2.49. The molecule has 1 aromatic heterocycles. The first-order valence-corrected chi connectivity index (χ1v) is 5.72. The Kier molecular flexibility index (Phi) is 2.94. The molecule has 19 heavy (non-hydrogen) atoms. The highest BCUT2D eigenvalue weighted by molar-refractivity contribution is 5.56. The molecule has 92 valence electrons. The van der Waals surface area contributed by atoms with Crippen LogP contribution < -0.4 is 0 Å². The molecular formula is C14H9FN4. The Labute approximate surface area is 109 Å². The van der Waals surface area contributed by atoms with E-state index in [-0.39, 0.29) is 5.82 Å². The zero-order valence-corrected chi connectivity index (χ0v) is 9.86. The molecule has 0 saturated heterocycles. The van der Waals surface area contributed by atoms with Crippen LogP contribution >= 0.6 is 0 Å². The van der Waals surface area contributed by atoms with E-state index in [0.717, 1.165) is 5.56 Å². The van der Waals surface area contributed by atoms with Gasteiger partial charge in [0.25, 0.3) is 0 Å². The van der Waals surface area contributed by atoms with Gasteiger partial charge in [0.05, 0.1) is 0 Å². The maximum Gasteiger partial charge on any atom is 0.203 e. The van der Waals surface area contributed by atoms with Gasteiger partial charge in [-0.3, -0.25) is 0 Å². The number of hydrogen-bond donors (Lipinski definition) is 0. The Morgan fingerprint density at radius 1 is 0.579 bits per heavy atom. The van der Waals surface area contributed by atoms with Crippen LogP contribution in [0.4, 0.5) is 4.39 Å². The van der Waals surface area contributed by atoms with Crippen LogP contribution in [0.15, 0.2) is 54.6 Å². The molecule has 0 spiro atoms. The van der Waals surface area contributed by atoms with Crippen LogP contribution in [-0.2, 0) is 0 Å². The fraction of sp³-hybridized carbons (Fsp3) is 0. The summed E-state index contributed by atoms with van der Waals surface area (Å²) in [5.74, 6) is 0.539.